The van der Waals surface area contributed by atoms with Gasteiger partial charge in [-0.05, 0) is 148 Å². The lowest BCUT2D eigenvalue weighted by atomic mass is 9.32. The Labute approximate surface area is 301 Å². The number of carboxylic acids is 1. The first-order valence-electron chi connectivity index (χ1n) is 19.6. The van der Waals surface area contributed by atoms with E-state index in [4.69, 9.17) is 4.74 Å². The zero-order chi connectivity index (χ0) is 36.5. The van der Waals surface area contributed by atoms with Crippen LogP contribution in [-0.2, 0) is 25.7 Å². The number of nitrogens with one attached hydrogen (secondary N) is 1. The number of carboxylic acid groups (broad SMARTS) is 1. The summed E-state index contributed by atoms with van der Waals surface area (Å²) < 4.78 is 6.17. The fourth-order valence-electron chi connectivity index (χ4n) is 13.5. The van der Waals surface area contributed by atoms with Crippen molar-refractivity contribution in [3.05, 3.63) is 42.2 Å². The highest BCUT2D eigenvalue weighted by atomic mass is 16.5. The van der Waals surface area contributed by atoms with Gasteiger partial charge in [-0.3, -0.25) is 19.4 Å². The molecule has 0 radical (unpaired) electrons. The van der Waals surface area contributed by atoms with E-state index in [1.165, 1.54) is 31.3 Å². The van der Waals surface area contributed by atoms with Crippen LogP contribution < -0.4 is 5.32 Å². The molecule has 1 aromatic rings. The van der Waals surface area contributed by atoms with Crippen LogP contribution in [0.5, 0.6) is 0 Å². The molecule has 5 saturated carbocycles. The van der Waals surface area contributed by atoms with E-state index >= 15 is 0 Å². The van der Waals surface area contributed by atoms with Gasteiger partial charge >= 0.3 is 11.9 Å². The third kappa shape index (κ3) is 5.85. The second kappa shape index (κ2) is 12.8. The second-order valence-corrected chi connectivity index (χ2v) is 19.5. The van der Waals surface area contributed by atoms with Gasteiger partial charge in [-0.2, -0.15) is 0 Å². The van der Waals surface area contributed by atoms with Crippen LogP contribution in [0.15, 0.2) is 36.5 Å². The minimum absolute atomic E-state index is 0.0193. The molecule has 5 aliphatic rings. The van der Waals surface area contributed by atoms with Crippen molar-refractivity contribution in [1.82, 2.24) is 10.3 Å². The van der Waals surface area contributed by atoms with Gasteiger partial charge < -0.3 is 15.2 Å². The molecule has 1 heterocycles. The summed E-state index contributed by atoms with van der Waals surface area (Å²) in [6, 6.07) is 5.85. The smallest absolute Gasteiger partial charge is 0.309 e. The monoisotopic (exact) mass is 688 g/mol. The summed E-state index contributed by atoms with van der Waals surface area (Å²) in [6.45, 7) is 22.9. The summed E-state index contributed by atoms with van der Waals surface area (Å²) in [5.74, 6) is 1.29. The molecule has 0 spiro atoms. The van der Waals surface area contributed by atoms with E-state index in [0.717, 1.165) is 44.2 Å². The van der Waals surface area contributed by atoms with Gasteiger partial charge in [0.1, 0.15) is 6.10 Å². The third-order valence-corrected chi connectivity index (χ3v) is 16.3. The highest BCUT2D eigenvalue weighted by Gasteiger charge is 2.71. The SMILES string of the molecule is C=C(C)[C@@H]1CC[C@]2(CC(=O)NCc3ccccn3)CC[C@]3(C)[C@H](CC[C@@H]4[C@@]5(C)CC[C@H](OC(=O)CC(C)(C)C(=O)O)C(C)(C)[C@@H]5CC[C@]43C)[C@@H]12. The Bertz CT molecular complexity index is 1500. The van der Waals surface area contributed by atoms with Gasteiger partial charge in [-0.15, -0.1) is 0 Å². The fraction of sp³-hybridized carbons (Fsp3) is 0.767. The van der Waals surface area contributed by atoms with Crippen LogP contribution in [0.1, 0.15) is 138 Å². The molecular weight excluding hydrogens is 624 g/mol. The van der Waals surface area contributed by atoms with Gasteiger partial charge in [0.25, 0.3) is 0 Å². The Morgan fingerprint density at radius 2 is 1.68 bits per heavy atom. The summed E-state index contributed by atoms with van der Waals surface area (Å²) >= 11 is 0. The van der Waals surface area contributed by atoms with Crippen LogP contribution >= 0.6 is 0 Å². The van der Waals surface area contributed by atoms with Crippen LogP contribution in [0.25, 0.3) is 0 Å². The molecule has 0 aromatic carbocycles. The summed E-state index contributed by atoms with van der Waals surface area (Å²) in [5.41, 5.74) is 1.36. The zero-order valence-corrected chi connectivity index (χ0v) is 32.2. The Balaban J connectivity index is 1.23. The number of hydrogen-bond donors (Lipinski definition) is 2. The van der Waals surface area contributed by atoms with E-state index in [9.17, 15) is 19.5 Å². The van der Waals surface area contributed by atoms with E-state index in [2.05, 4.69) is 58.4 Å². The predicted octanol–water partition coefficient (Wildman–Crippen LogP) is 9.16. The fourth-order valence-corrected chi connectivity index (χ4v) is 13.5. The van der Waals surface area contributed by atoms with Crippen LogP contribution in [-0.4, -0.2) is 34.0 Å². The summed E-state index contributed by atoms with van der Waals surface area (Å²) in [4.78, 5) is 42.9. The van der Waals surface area contributed by atoms with Gasteiger partial charge in [0.05, 0.1) is 24.1 Å². The highest BCUT2D eigenvalue weighted by Crippen LogP contribution is 2.78. The van der Waals surface area contributed by atoms with Crippen LogP contribution in [0, 0.1) is 62.1 Å². The lowest BCUT2D eigenvalue weighted by Crippen LogP contribution is -2.67. The lowest BCUT2D eigenvalue weighted by Gasteiger charge is -2.73. The first-order valence-corrected chi connectivity index (χ1v) is 19.6. The first-order chi connectivity index (χ1) is 23.3. The quantitative estimate of drug-likeness (QED) is 0.198. The van der Waals surface area contributed by atoms with Crippen molar-refractivity contribution in [1.29, 1.82) is 0 Å². The summed E-state index contributed by atoms with van der Waals surface area (Å²) in [7, 11) is 0. The van der Waals surface area contributed by atoms with E-state index in [1.54, 1.807) is 20.0 Å². The van der Waals surface area contributed by atoms with Gasteiger partial charge in [-0.1, -0.05) is 52.8 Å². The first kappa shape index (κ1) is 37.1. The number of rotatable bonds is 9. The predicted molar refractivity (Wildman–Crippen MR) is 196 cm³/mol. The van der Waals surface area contributed by atoms with Gasteiger partial charge in [0.2, 0.25) is 5.91 Å². The number of hydrogen-bond acceptors (Lipinski definition) is 5. The Morgan fingerprint density at radius 1 is 0.940 bits per heavy atom. The Kier molecular flexibility index (Phi) is 9.46. The average molecular weight is 689 g/mol. The molecule has 0 bridgehead atoms. The maximum atomic E-state index is 13.7. The molecule has 0 aliphatic heterocycles. The van der Waals surface area contributed by atoms with Crippen LogP contribution in [0.3, 0.4) is 0 Å². The number of aliphatic carboxylic acids is 1. The molecule has 1 aromatic heterocycles. The number of esters is 1. The van der Waals surface area contributed by atoms with E-state index < -0.39 is 17.4 Å². The molecule has 6 rings (SSSR count). The van der Waals surface area contributed by atoms with Crippen molar-refractivity contribution in [3.8, 4) is 0 Å². The number of carbonyl (C=O) groups is 3. The number of carbonyl (C=O) groups excluding carboxylic acids is 2. The Morgan fingerprint density at radius 3 is 2.34 bits per heavy atom. The maximum absolute atomic E-state index is 13.7. The van der Waals surface area contributed by atoms with Gasteiger partial charge in [0.15, 0.2) is 0 Å². The normalized spacial score (nSPS) is 40.3. The molecule has 7 nitrogen and oxygen atoms in total. The van der Waals surface area contributed by atoms with Crippen molar-refractivity contribution >= 4 is 17.8 Å². The number of fused-ring (bicyclic) bond motifs is 7. The lowest BCUT2D eigenvalue weighted by molar-refractivity contribution is -0.250. The van der Waals surface area contributed by atoms with Gasteiger partial charge in [0, 0.05) is 18.0 Å². The van der Waals surface area contributed by atoms with E-state index in [-0.39, 0.29) is 45.5 Å². The van der Waals surface area contributed by atoms with Crippen molar-refractivity contribution < 1.29 is 24.2 Å². The topological polar surface area (TPSA) is 106 Å². The highest BCUT2D eigenvalue weighted by molar-refractivity contribution is 5.81. The second-order valence-electron chi connectivity index (χ2n) is 19.5. The Hall–Kier alpha value is -2.70. The number of allylic oxidation sites excluding steroid dienone is 1. The van der Waals surface area contributed by atoms with E-state index in [1.807, 2.05) is 18.2 Å². The molecular formula is C43H64N2O5. The van der Waals surface area contributed by atoms with Crippen molar-refractivity contribution in [3.63, 3.8) is 0 Å². The van der Waals surface area contributed by atoms with Crippen LogP contribution in [0.2, 0.25) is 0 Å². The van der Waals surface area contributed by atoms with Crippen LogP contribution in [0.4, 0.5) is 0 Å². The number of ether oxygens (including phenoxy) is 1. The summed E-state index contributed by atoms with van der Waals surface area (Å²) in [6.07, 6.45) is 13.1. The molecule has 7 heteroatoms. The minimum atomic E-state index is -1.14. The third-order valence-electron chi connectivity index (χ3n) is 16.3. The number of nitrogens with zero attached hydrogens (tertiary/aromatic N) is 1. The number of pyridine rings is 1. The average Bonchev–Trinajstić information content (AvgIpc) is 3.41. The van der Waals surface area contributed by atoms with Crippen molar-refractivity contribution in [2.45, 2.75) is 145 Å². The number of aromatic nitrogens is 1. The molecule has 276 valence electrons. The molecule has 0 unspecified atom stereocenters. The molecule has 1 amide bonds. The largest absolute Gasteiger partial charge is 0.481 e. The zero-order valence-electron chi connectivity index (χ0n) is 32.2. The van der Waals surface area contributed by atoms with Gasteiger partial charge in [-0.25, -0.2) is 0 Å². The number of amides is 1. The van der Waals surface area contributed by atoms with E-state index in [0.29, 0.717) is 42.6 Å². The maximum Gasteiger partial charge on any atom is 0.309 e. The molecule has 5 aliphatic carbocycles. The summed E-state index contributed by atoms with van der Waals surface area (Å²) in [5, 5.41) is 12.8. The molecule has 0 saturated heterocycles. The minimum Gasteiger partial charge on any atom is -0.481 e. The molecule has 50 heavy (non-hydrogen) atoms. The molecule has 5 fully saturated rings. The molecule has 2 N–H and O–H groups in total. The van der Waals surface area contributed by atoms with Crippen molar-refractivity contribution in [2.75, 3.05) is 0 Å². The standard InChI is InChI=1S/C43H64N2O5/c1-27(2)29-15-20-43(24-34(46)45-26-28-12-10-11-23-44-28)22-21-41(8)30(36(29)43)13-14-32-40(7)18-17-33(50-35(47)25-38(3,4)37(48)49)39(5,6)31(40)16-19-42(32,41)9/h10-12,23,29-33,36H,1,13-22,24-26H2,2-9H3,(H,45,46)(H,48,49)/t29-,30+,31-,32+,33-,36+,40-,41+,42+,43+/m0/s1. The molecule has 10 atom stereocenters. The van der Waals surface area contributed by atoms with Crippen molar-refractivity contribution in [2.24, 2.45) is 62.1 Å².